The summed E-state index contributed by atoms with van der Waals surface area (Å²) in [6.07, 6.45) is 2.65. The first-order valence-corrected chi connectivity index (χ1v) is 9.87. The Hall–Kier alpha value is -3.26. The minimum atomic E-state index is -0.594. The lowest BCUT2D eigenvalue weighted by molar-refractivity contribution is 0.242. The number of aliphatic imine (C=N–C) groups is 2. The summed E-state index contributed by atoms with van der Waals surface area (Å²) < 4.78 is 14.4. The van der Waals surface area contributed by atoms with E-state index in [9.17, 15) is 9.18 Å². The summed E-state index contributed by atoms with van der Waals surface area (Å²) in [6.45, 7) is 5.85. The highest BCUT2D eigenvalue weighted by atomic mass is 32.1. The van der Waals surface area contributed by atoms with Gasteiger partial charge in [0.2, 0.25) is 0 Å². The number of hydrogen-bond donors (Lipinski definition) is 1. The summed E-state index contributed by atoms with van der Waals surface area (Å²) in [5.41, 5.74) is 3.84. The number of nitrogens with zero attached hydrogens (tertiary/aromatic N) is 4. The first-order chi connectivity index (χ1) is 14.1. The van der Waals surface area contributed by atoms with Crippen molar-refractivity contribution in [2.45, 2.75) is 25.4 Å². The zero-order valence-electron chi connectivity index (χ0n) is 15.7. The number of halogens is 1. The Labute approximate surface area is 171 Å². The SMILES string of the molecule is C=NCc1ccc(-c2csc(C3C(C)=NC(=O)NC3c3ccncc3F)n2)cc1. The third-order valence-corrected chi connectivity index (χ3v) is 5.74. The van der Waals surface area contributed by atoms with Crippen LogP contribution in [0.2, 0.25) is 0 Å². The molecular formula is C21H18FN5OS. The highest BCUT2D eigenvalue weighted by Crippen LogP contribution is 2.38. The number of thiazole rings is 1. The predicted octanol–water partition coefficient (Wildman–Crippen LogP) is 4.55. The molecule has 6 nitrogen and oxygen atoms in total. The third-order valence-electron chi connectivity index (χ3n) is 4.81. The van der Waals surface area contributed by atoms with Gasteiger partial charge in [0.05, 0.1) is 30.4 Å². The van der Waals surface area contributed by atoms with Crippen molar-refractivity contribution in [2.24, 2.45) is 9.98 Å². The van der Waals surface area contributed by atoms with Crippen LogP contribution >= 0.6 is 11.3 Å². The van der Waals surface area contributed by atoms with Gasteiger partial charge in [-0.15, -0.1) is 11.3 Å². The Bertz CT molecular complexity index is 1090. The number of nitrogens with one attached hydrogen (secondary N) is 1. The van der Waals surface area contributed by atoms with E-state index in [1.807, 2.05) is 29.6 Å². The van der Waals surface area contributed by atoms with Crippen molar-refractivity contribution in [3.63, 3.8) is 0 Å². The van der Waals surface area contributed by atoms with Gasteiger partial charge in [0.15, 0.2) is 0 Å². The standard InChI is InChI=1S/C21H18FN5OS/c1-12-18(19(27-21(28)25-12)15-7-8-24-10-16(15)22)20-26-17(11-29-20)14-5-3-13(4-6-14)9-23-2/h3-8,10-11,18-19H,2,9H2,1H3,(H,27,28). The summed E-state index contributed by atoms with van der Waals surface area (Å²) in [7, 11) is 0. The summed E-state index contributed by atoms with van der Waals surface area (Å²) in [5.74, 6) is -0.826. The molecule has 1 aliphatic rings. The van der Waals surface area contributed by atoms with Crippen LogP contribution in [0.1, 0.15) is 35.0 Å². The molecule has 2 unspecified atom stereocenters. The maximum Gasteiger partial charge on any atom is 0.341 e. The normalized spacial score (nSPS) is 18.8. The molecule has 2 amide bonds. The Kier molecular flexibility index (Phi) is 5.26. The number of carbonyl (C=O) groups excluding carboxylic acids is 1. The van der Waals surface area contributed by atoms with Gasteiger partial charge in [-0.2, -0.15) is 0 Å². The van der Waals surface area contributed by atoms with E-state index >= 15 is 0 Å². The number of pyridine rings is 1. The first kappa shape index (κ1) is 19.1. The monoisotopic (exact) mass is 407 g/mol. The van der Waals surface area contributed by atoms with E-state index in [4.69, 9.17) is 4.98 Å². The molecule has 3 aromatic rings. The van der Waals surface area contributed by atoms with Gasteiger partial charge < -0.3 is 5.32 Å². The van der Waals surface area contributed by atoms with Gasteiger partial charge in [0.25, 0.3) is 0 Å². The van der Waals surface area contributed by atoms with Crippen LogP contribution in [0.4, 0.5) is 9.18 Å². The fourth-order valence-electron chi connectivity index (χ4n) is 3.41. The van der Waals surface area contributed by atoms with Gasteiger partial charge in [0, 0.05) is 28.4 Å². The average molecular weight is 407 g/mol. The Morgan fingerprint density at radius 2 is 2.07 bits per heavy atom. The van der Waals surface area contributed by atoms with Crippen LogP contribution in [0.25, 0.3) is 11.3 Å². The number of amides is 2. The highest BCUT2D eigenvalue weighted by molar-refractivity contribution is 7.10. The van der Waals surface area contributed by atoms with Crippen molar-refractivity contribution >= 4 is 29.8 Å². The number of hydrogen-bond acceptors (Lipinski definition) is 5. The fraction of sp³-hybridized carbons (Fsp3) is 0.190. The molecule has 0 bridgehead atoms. The van der Waals surface area contributed by atoms with Crippen molar-refractivity contribution in [3.8, 4) is 11.3 Å². The van der Waals surface area contributed by atoms with E-state index in [0.29, 0.717) is 17.8 Å². The Morgan fingerprint density at radius 3 is 2.79 bits per heavy atom. The fourth-order valence-corrected chi connectivity index (χ4v) is 4.43. The van der Waals surface area contributed by atoms with E-state index in [1.165, 1.54) is 17.5 Å². The number of rotatable bonds is 5. The van der Waals surface area contributed by atoms with Crippen molar-refractivity contribution in [3.05, 3.63) is 70.1 Å². The molecule has 0 saturated heterocycles. The largest absolute Gasteiger partial charge is 0.341 e. The van der Waals surface area contributed by atoms with Crippen LogP contribution in [0.15, 0.2) is 58.1 Å². The van der Waals surface area contributed by atoms with Crippen LogP contribution in [0.3, 0.4) is 0 Å². The number of benzene rings is 1. The molecule has 0 radical (unpaired) electrons. The van der Waals surface area contributed by atoms with Crippen LogP contribution in [0.5, 0.6) is 0 Å². The maximum atomic E-state index is 14.4. The second-order valence-electron chi connectivity index (χ2n) is 6.70. The highest BCUT2D eigenvalue weighted by Gasteiger charge is 2.36. The van der Waals surface area contributed by atoms with E-state index < -0.39 is 17.9 Å². The summed E-state index contributed by atoms with van der Waals surface area (Å²) in [4.78, 5) is 28.5. The quantitative estimate of drug-likeness (QED) is 0.630. The molecule has 1 N–H and O–H groups in total. The van der Waals surface area contributed by atoms with Gasteiger partial charge in [-0.1, -0.05) is 24.3 Å². The zero-order valence-corrected chi connectivity index (χ0v) is 16.5. The van der Waals surface area contributed by atoms with Gasteiger partial charge in [-0.05, 0) is 25.3 Å². The van der Waals surface area contributed by atoms with Crippen LogP contribution in [0, 0.1) is 5.82 Å². The van der Waals surface area contributed by atoms with E-state index in [0.717, 1.165) is 28.0 Å². The molecule has 1 aromatic carbocycles. The molecule has 8 heteroatoms. The Balaban J connectivity index is 1.70. The van der Waals surface area contributed by atoms with Gasteiger partial charge in [-0.25, -0.2) is 19.2 Å². The summed E-state index contributed by atoms with van der Waals surface area (Å²) in [6, 6.07) is 8.46. The molecule has 3 heterocycles. The van der Waals surface area contributed by atoms with Gasteiger partial charge in [0.1, 0.15) is 10.8 Å². The second-order valence-corrected chi connectivity index (χ2v) is 7.59. The second kappa shape index (κ2) is 8.00. The molecule has 146 valence electrons. The molecule has 0 spiro atoms. The first-order valence-electron chi connectivity index (χ1n) is 8.99. The molecule has 29 heavy (non-hydrogen) atoms. The molecule has 2 aromatic heterocycles. The van der Waals surface area contributed by atoms with E-state index in [2.05, 4.69) is 27.0 Å². The third kappa shape index (κ3) is 3.84. The van der Waals surface area contributed by atoms with Crippen LogP contribution in [-0.4, -0.2) is 28.4 Å². The molecule has 0 saturated carbocycles. The maximum absolute atomic E-state index is 14.4. The molecule has 1 aliphatic heterocycles. The lowest BCUT2D eigenvalue weighted by atomic mass is 9.89. The minimum absolute atomic E-state index is 0.354. The van der Waals surface area contributed by atoms with Gasteiger partial charge in [-0.3, -0.25) is 9.98 Å². The van der Waals surface area contributed by atoms with Gasteiger partial charge >= 0.3 is 6.03 Å². The van der Waals surface area contributed by atoms with E-state index in [-0.39, 0.29) is 5.92 Å². The van der Waals surface area contributed by atoms with Crippen molar-refractivity contribution in [1.82, 2.24) is 15.3 Å². The summed E-state index contributed by atoms with van der Waals surface area (Å²) in [5, 5.41) is 5.50. The molecule has 0 fully saturated rings. The topological polar surface area (TPSA) is 79.6 Å². The zero-order chi connectivity index (χ0) is 20.4. The minimum Gasteiger partial charge on any atom is -0.328 e. The lowest BCUT2D eigenvalue weighted by Crippen LogP contribution is -2.39. The lowest BCUT2D eigenvalue weighted by Gasteiger charge is -2.30. The molecule has 4 rings (SSSR count). The predicted molar refractivity (Wildman–Crippen MR) is 112 cm³/mol. The molecular weight excluding hydrogens is 389 g/mol. The molecule has 2 atom stereocenters. The van der Waals surface area contributed by atoms with Crippen LogP contribution < -0.4 is 5.32 Å². The summed E-state index contributed by atoms with van der Waals surface area (Å²) >= 11 is 1.46. The smallest absolute Gasteiger partial charge is 0.328 e. The number of aromatic nitrogens is 2. The van der Waals surface area contributed by atoms with E-state index in [1.54, 1.807) is 13.0 Å². The van der Waals surface area contributed by atoms with Crippen molar-refractivity contribution in [1.29, 1.82) is 0 Å². The number of urea groups is 1. The van der Waals surface area contributed by atoms with Crippen LogP contribution in [-0.2, 0) is 6.54 Å². The average Bonchev–Trinajstić information content (AvgIpc) is 3.18. The van der Waals surface area contributed by atoms with Crippen molar-refractivity contribution < 1.29 is 9.18 Å². The Morgan fingerprint density at radius 1 is 1.28 bits per heavy atom. The number of carbonyl (C=O) groups is 1. The molecule has 0 aliphatic carbocycles. The van der Waals surface area contributed by atoms with Crippen molar-refractivity contribution in [2.75, 3.05) is 0 Å².